The smallest absolute Gasteiger partial charge is 0.234 e. The highest BCUT2D eigenvalue weighted by Crippen LogP contribution is 2.48. The molecule has 1 heterocycles. The number of benzene rings is 1. The van der Waals surface area contributed by atoms with Crippen molar-refractivity contribution in [2.45, 2.75) is 39.0 Å². The van der Waals surface area contributed by atoms with Gasteiger partial charge in [-0.05, 0) is 29.9 Å². The Bertz CT molecular complexity index is 509. The summed E-state index contributed by atoms with van der Waals surface area (Å²) in [5, 5.41) is 3.03. The van der Waals surface area contributed by atoms with Crippen LogP contribution in [-0.4, -0.2) is 11.8 Å². The second-order valence-electron chi connectivity index (χ2n) is 5.11. The van der Waals surface area contributed by atoms with Crippen molar-refractivity contribution in [3.63, 3.8) is 0 Å². The lowest BCUT2D eigenvalue weighted by Gasteiger charge is -2.42. The maximum absolute atomic E-state index is 12.3. The Balaban J connectivity index is 2.53. The monoisotopic (exact) mass is 279 g/mol. The second kappa shape index (κ2) is 5.33. The summed E-state index contributed by atoms with van der Waals surface area (Å²) < 4.78 is 0. The predicted octanol–water partition coefficient (Wildman–Crippen LogP) is 3.28. The molecule has 0 aliphatic carbocycles. The third-order valence-corrected chi connectivity index (χ3v) is 4.62. The van der Waals surface area contributed by atoms with E-state index in [1.54, 1.807) is 6.07 Å². The molecule has 1 aromatic rings. The molecule has 1 aliphatic heterocycles. The van der Waals surface area contributed by atoms with E-state index in [-0.39, 0.29) is 23.1 Å². The summed E-state index contributed by atoms with van der Waals surface area (Å²) >= 11 is 6.24. The van der Waals surface area contributed by atoms with Crippen molar-refractivity contribution in [1.29, 1.82) is 0 Å². The Kier molecular flexibility index (Phi) is 3.95. The quantitative estimate of drug-likeness (QED) is 0.863. The van der Waals surface area contributed by atoms with E-state index in [1.807, 2.05) is 32.0 Å². The largest absolute Gasteiger partial charge is 0.296 e. The Morgan fingerprint density at radius 1 is 1.26 bits per heavy atom. The van der Waals surface area contributed by atoms with Crippen LogP contribution in [0.5, 0.6) is 0 Å². The van der Waals surface area contributed by atoms with Crippen LogP contribution in [0.4, 0.5) is 0 Å². The zero-order chi connectivity index (χ0) is 14.0. The van der Waals surface area contributed by atoms with Gasteiger partial charge in [-0.2, -0.15) is 0 Å². The predicted molar refractivity (Wildman–Crippen MR) is 75.0 cm³/mol. The standard InChI is InChI=1S/C15H18ClNO2/c1-3-15(4-2)9-12(18)17-14(19)13(15)10-7-5-6-8-11(10)16/h5-8,13H,3-4,9H2,1-2H3,(H,17,18,19). The summed E-state index contributed by atoms with van der Waals surface area (Å²) in [7, 11) is 0. The van der Waals surface area contributed by atoms with Gasteiger partial charge < -0.3 is 0 Å². The Morgan fingerprint density at radius 2 is 1.89 bits per heavy atom. The molecule has 0 spiro atoms. The van der Waals surface area contributed by atoms with E-state index in [0.717, 1.165) is 18.4 Å². The van der Waals surface area contributed by atoms with Crippen LogP contribution in [0.25, 0.3) is 0 Å². The number of nitrogens with one attached hydrogen (secondary N) is 1. The maximum atomic E-state index is 12.3. The van der Waals surface area contributed by atoms with Crippen LogP contribution < -0.4 is 5.32 Å². The first-order valence-electron chi connectivity index (χ1n) is 6.62. The number of rotatable bonds is 3. The molecule has 102 valence electrons. The van der Waals surface area contributed by atoms with Gasteiger partial charge >= 0.3 is 0 Å². The van der Waals surface area contributed by atoms with Crippen LogP contribution in [0.2, 0.25) is 5.02 Å². The molecule has 0 bridgehead atoms. The zero-order valence-corrected chi connectivity index (χ0v) is 12.0. The van der Waals surface area contributed by atoms with Crippen molar-refractivity contribution in [3.05, 3.63) is 34.9 Å². The van der Waals surface area contributed by atoms with Gasteiger partial charge in [-0.1, -0.05) is 43.6 Å². The zero-order valence-electron chi connectivity index (χ0n) is 11.2. The minimum atomic E-state index is -0.353. The average Bonchev–Trinajstić information content (AvgIpc) is 2.39. The summed E-state index contributed by atoms with van der Waals surface area (Å²) in [6.45, 7) is 4.05. The van der Waals surface area contributed by atoms with Crippen molar-refractivity contribution >= 4 is 23.4 Å². The normalized spacial score (nSPS) is 22.2. The SMILES string of the molecule is CCC1(CC)CC(=O)NC(=O)C1c1ccccc1Cl. The van der Waals surface area contributed by atoms with Crippen LogP contribution in [0.3, 0.4) is 0 Å². The minimum absolute atomic E-state index is 0.183. The summed E-state index contributed by atoms with van der Waals surface area (Å²) in [6, 6.07) is 7.39. The summed E-state index contributed by atoms with van der Waals surface area (Å²) in [4.78, 5) is 24.0. The van der Waals surface area contributed by atoms with Crippen LogP contribution >= 0.6 is 11.6 Å². The van der Waals surface area contributed by atoms with Crippen molar-refractivity contribution < 1.29 is 9.59 Å². The summed E-state index contributed by atoms with van der Waals surface area (Å²) in [5.74, 6) is -0.765. The molecular formula is C15H18ClNO2. The fraction of sp³-hybridized carbons (Fsp3) is 0.467. The van der Waals surface area contributed by atoms with Gasteiger partial charge in [0, 0.05) is 11.4 Å². The fourth-order valence-electron chi connectivity index (χ4n) is 3.04. The second-order valence-corrected chi connectivity index (χ2v) is 5.52. The van der Waals surface area contributed by atoms with Gasteiger partial charge in [-0.3, -0.25) is 14.9 Å². The van der Waals surface area contributed by atoms with Crippen molar-refractivity contribution in [3.8, 4) is 0 Å². The number of hydrogen-bond donors (Lipinski definition) is 1. The van der Waals surface area contributed by atoms with Crippen molar-refractivity contribution in [1.82, 2.24) is 5.32 Å². The van der Waals surface area contributed by atoms with Gasteiger partial charge in [0.05, 0.1) is 5.92 Å². The molecule has 1 fully saturated rings. The summed E-state index contributed by atoms with van der Waals surface area (Å²) in [6.07, 6.45) is 1.93. The van der Waals surface area contributed by atoms with E-state index in [0.29, 0.717) is 11.4 Å². The molecule has 4 heteroatoms. The molecule has 2 amide bonds. The number of imide groups is 1. The van der Waals surface area contributed by atoms with E-state index in [1.165, 1.54) is 0 Å². The van der Waals surface area contributed by atoms with Crippen LogP contribution in [0, 0.1) is 5.41 Å². The highest BCUT2D eigenvalue weighted by Gasteiger charge is 2.47. The number of carbonyl (C=O) groups is 2. The molecule has 0 radical (unpaired) electrons. The topological polar surface area (TPSA) is 46.2 Å². The molecule has 1 atom stereocenters. The first kappa shape index (κ1) is 14.1. The molecule has 1 aromatic carbocycles. The Hall–Kier alpha value is -1.35. The molecule has 2 rings (SSSR count). The molecule has 1 unspecified atom stereocenters. The molecule has 0 aromatic heterocycles. The number of carbonyl (C=O) groups excluding carboxylic acids is 2. The van der Waals surface area contributed by atoms with E-state index < -0.39 is 0 Å². The van der Waals surface area contributed by atoms with Crippen LogP contribution in [0.15, 0.2) is 24.3 Å². The Labute approximate surface area is 118 Å². The van der Waals surface area contributed by atoms with Gasteiger partial charge in [0.15, 0.2) is 0 Å². The van der Waals surface area contributed by atoms with Crippen LogP contribution in [0.1, 0.15) is 44.6 Å². The number of halogens is 1. The van der Waals surface area contributed by atoms with E-state index in [9.17, 15) is 9.59 Å². The van der Waals surface area contributed by atoms with Gasteiger partial charge in [0.1, 0.15) is 0 Å². The Morgan fingerprint density at radius 3 is 2.47 bits per heavy atom. The molecular weight excluding hydrogens is 262 g/mol. The first-order valence-corrected chi connectivity index (χ1v) is 7.00. The molecule has 19 heavy (non-hydrogen) atoms. The lowest BCUT2D eigenvalue weighted by Crippen LogP contribution is -2.50. The molecule has 1 saturated heterocycles. The molecule has 1 N–H and O–H groups in total. The van der Waals surface area contributed by atoms with E-state index in [2.05, 4.69) is 5.32 Å². The summed E-state index contributed by atoms with van der Waals surface area (Å²) in [5.41, 5.74) is 0.489. The van der Waals surface area contributed by atoms with Gasteiger partial charge in [-0.25, -0.2) is 0 Å². The van der Waals surface area contributed by atoms with Crippen LogP contribution in [-0.2, 0) is 9.59 Å². The molecule has 3 nitrogen and oxygen atoms in total. The minimum Gasteiger partial charge on any atom is -0.296 e. The lowest BCUT2D eigenvalue weighted by molar-refractivity contribution is -0.140. The number of hydrogen-bond acceptors (Lipinski definition) is 2. The van der Waals surface area contributed by atoms with E-state index in [4.69, 9.17) is 11.6 Å². The first-order chi connectivity index (χ1) is 9.04. The van der Waals surface area contributed by atoms with Crippen molar-refractivity contribution in [2.24, 2.45) is 5.41 Å². The third kappa shape index (κ3) is 2.39. The van der Waals surface area contributed by atoms with Gasteiger partial charge in [-0.15, -0.1) is 0 Å². The van der Waals surface area contributed by atoms with Crippen molar-refractivity contribution in [2.75, 3.05) is 0 Å². The average molecular weight is 280 g/mol. The maximum Gasteiger partial charge on any atom is 0.234 e. The molecule has 1 aliphatic rings. The van der Waals surface area contributed by atoms with Gasteiger partial charge in [0.2, 0.25) is 11.8 Å². The number of amides is 2. The fourth-order valence-corrected chi connectivity index (χ4v) is 3.29. The lowest BCUT2D eigenvalue weighted by atomic mass is 9.64. The van der Waals surface area contributed by atoms with E-state index >= 15 is 0 Å². The third-order valence-electron chi connectivity index (χ3n) is 4.27. The number of piperidine rings is 1. The highest BCUT2D eigenvalue weighted by molar-refractivity contribution is 6.31. The molecule has 0 saturated carbocycles. The highest BCUT2D eigenvalue weighted by atomic mass is 35.5. The van der Waals surface area contributed by atoms with Gasteiger partial charge in [0.25, 0.3) is 0 Å².